The number of nitrogens with one attached hydrogen (secondary N) is 1. The largest absolute Gasteiger partial charge is 0.484 e. The molecular weight excluding hydrogens is 328 g/mol. The summed E-state index contributed by atoms with van der Waals surface area (Å²) >= 11 is 0. The smallest absolute Gasteiger partial charge is 0.262 e. The van der Waals surface area contributed by atoms with Crippen LogP contribution in [0.3, 0.4) is 0 Å². The van der Waals surface area contributed by atoms with Crippen molar-refractivity contribution in [2.75, 3.05) is 26.0 Å². The van der Waals surface area contributed by atoms with Gasteiger partial charge in [-0.1, -0.05) is 18.2 Å². The molecule has 0 unspecified atom stereocenters. The van der Waals surface area contributed by atoms with Gasteiger partial charge in [0, 0.05) is 26.2 Å². The Labute approximate surface area is 155 Å². The molecule has 138 valence electrons. The molecule has 0 spiro atoms. The van der Waals surface area contributed by atoms with Crippen molar-refractivity contribution in [2.24, 2.45) is 0 Å². The number of amides is 2. The molecule has 0 heterocycles. The van der Waals surface area contributed by atoms with E-state index in [0.717, 1.165) is 11.1 Å². The van der Waals surface area contributed by atoms with Crippen molar-refractivity contribution >= 4 is 17.5 Å². The number of carbonyl (C=O) groups excluding carboxylic acids is 2. The third-order valence-electron chi connectivity index (χ3n) is 4.21. The van der Waals surface area contributed by atoms with Gasteiger partial charge in [0.15, 0.2) is 6.61 Å². The van der Waals surface area contributed by atoms with Gasteiger partial charge >= 0.3 is 0 Å². The molecule has 0 aromatic heterocycles. The van der Waals surface area contributed by atoms with Gasteiger partial charge in [-0.3, -0.25) is 9.59 Å². The normalized spacial score (nSPS) is 10.3. The number of carbonyl (C=O) groups is 2. The van der Waals surface area contributed by atoms with Gasteiger partial charge < -0.3 is 15.0 Å². The molecule has 2 amide bonds. The van der Waals surface area contributed by atoms with E-state index in [0.29, 0.717) is 24.3 Å². The van der Waals surface area contributed by atoms with Gasteiger partial charge in [0.25, 0.3) is 5.91 Å². The predicted molar refractivity (Wildman–Crippen MR) is 103 cm³/mol. The van der Waals surface area contributed by atoms with Crippen molar-refractivity contribution in [3.63, 3.8) is 0 Å². The average molecular weight is 354 g/mol. The van der Waals surface area contributed by atoms with Crippen molar-refractivity contribution in [3.8, 4) is 5.75 Å². The highest BCUT2D eigenvalue weighted by Crippen LogP contribution is 2.16. The Morgan fingerprint density at radius 1 is 1.00 bits per heavy atom. The lowest BCUT2D eigenvalue weighted by Gasteiger charge is -2.11. The Morgan fingerprint density at radius 3 is 2.31 bits per heavy atom. The van der Waals surface area contributed by atoms with Crippen LogP contribution in [0.2, 0.25) is 0 Å². The molecule has 0 saturated heterocycles. The van der Waals surface area contributed by atoms with Gasteiger partial charge in [-0.05, 0) is 61.2 Å². The van der Waals surface area contributed by atoms with Gasteiger partial charge in [0.2, 0.25) is 5.91 Å². The summed E-state index contributed by atoms with van der Waals surface area (Å²) in [5, 5.41) is 2.81. The Balaban J connectivity index is 1.81. The van der Waals surface area contributed by atoms with Crippen LogP contribution in [0.1, 0.15) is 23.1 Å². The molecule has 0 aliphatic carbocycles. The quantitative estimate of drug-likeness (QED) is 0.830. The Morgan fingerprint density at radius 2 is 1.69 bits per heavy atom. The minimum Gasteiger partial charge on any atom is -0.484 e. The number of hydrogen-bond acceptors (Lipinski definition) is 3. The van der Waals surface area contributed by atoms with Gasteiger partial charge in [0.05, 0.1) is 0 Å². The second-order valence-electron chi connectivity index (χ2n) is 6.57. The van der Waals surface area contributed by atoms with Crippen molar-refractivity contribution < 1.29 is 14.3 Å². The molecule has 5 heteroatoms. The average Bonchev–Trinajstić information content (AvgIpc) is 2.61. The molecule has 0 atom stereocenters. The third-order valence-corrected chi connectivity index (χ3v) is 4.21. The van der Waals surface area contributed by atoms with Crippen LogP contribution in [0.15, 0.2) is 42.5 Å². The lowest BCUT2D eigenvalue weighted by molar-refractivity contribution is -0.128. The number of rotatable bonds is 7. The van der Waals surface area contributed by atoms with E-state index in [1.54, 1.807) is 19.0 Å². The maximum Gasteiger partial charge on any atom is 0.262 e. The summed E-state index contributed by atoms with van der Waals surface area (Å²) in [6.45, 7) is 4.00. The van der Waals surface area contributed by atoms with E-state index < -0.39 is 0 Å². The maximum absolute atomic E-state index is 12.0. The summed E-state index contributed by atoms with van der Waals surface area (Å²) < 4.78 is 5.53. The standard InChI is InChI=1S/C21H26N2O3/c1-15-5-11-19(13-16(15)2)26-14-20(24)22-18-9-6-17(7-10-18)8-12-21(25)23(3)4/h5-7,9-11,13H,8,12,14H2,1-4H3,(H,22,24). The predicted octanol–water partition coefficient (Wildman–Crippen LogP) is 3.34. The van der Waals surface area contributed by atoms with Gasteiger partial charge in [0.1, 0.15) is 5.75 Å². The summed E-state index contributed by atoms with van der Waals surface area (Å²) in [5.41, 5.74) is 4.09. The van der Waals surface area contributed by atoms with Crippen molar-refractivity contribution in [3.05, 3.63) is 59.2 Å². The van der Waals surface area contributed by atoms with Crippen LogP contribution in [0.4, 0.5) is 5.69 Å². The zero-order chi connectivity index (χ0) is 19.1. The minimum atomic E-state index is -0.209. The topological polar surface area (TPSA) is 58.6 Å². The number of anilines is 1. The third kappa shape index (κ3) is 5.92. The first-order valence-electron chi connectivity index (χ1n) is 8.64. The molecule has 2 rings (SSSR count). The fraction of sp³-hybridized carbons (Fsp3) is 0.333. The monoisotopic (exact) mass is 354 g/mol. The van der Waals surface area contributed by atoms with Gasteiger partial charge in [-0.2, -0.15) is 0 Å². The van der Waals surface area contributed by atoms with E-state index in [1.807, 2.05) is 56.3 Å². The van der Waals surface area contributed by atoms with Crippen LogP contribution in [-0.4, -0.2) is 37.4 Å². The van der Waals surface area contributed by atoms with Crippen molar-refractivity contribution in [1.29, 1.82) is 0 Å². The molecule has 0 fully saturated rings. The molecule has 5 nitrogen and oxygen atoms in total. The second kappa shape index (κ2) is 9.04. The molecule has 0 aliphatic heterocycles. The Bertz CT molecular complexity index is 767. The van der Waals surface area contributed by atoms with E-state index in [4.69, 9.17) is 4.74 Å². The fourth-order valence-corrected chi connectivity index (χ4v) is 2.38. The number of benzene rings is 2. The molecule has 0 radical (unpaired) electrons. The van der Waals surface area contributed by atoms with Crippen molar-refractivity contribution in [1.82, 2.24) is 4.90 Å². The van der Waals surface area contributed by atoms with E-state index in [-0.39, 0.29) is 18.4 Å². The molecule has 26 heavy (non-hydrogen) atoms. The maximum atomic E-state index is 12.0. The highest BCUT2D eigenvalue weighted by molar-refractivity contribution is 5.91. The lowest BCUT2D eigenvalue weighted by atomic mass is 10.1. The molecule has 2 aromatic carbocycles. The molecule has 0 saturated carbocycles. The van der Waals surface area contributed by atoms with Crippen LogP contribution in [0.25, 0.3) is 0 Å². The highest BCUT2D eigenvalue weighted by atomic mass is 16.5. The zero-order valence-electron chi connectivity index (χ0n) is 15.8. The lowest BCUT2D eigenvalue weighted by Crippen LogP contribution is -2.21. The molecular formula is C21H26N2O3. The SMILES string of the molecule is Cc1ccc(OCC(=O)Nc2ccc(CCC(=O)N(C)C)cc2)cc1C. The van der Waals surface area contributed by atoms with Crippen LogP contribution in [0, 0.1) is 13.8 Å². The fourth-order valence-electron chi connectivity index (χ4n) is 2.38. The molecule has 0 aliphatic rings. The number of hydrogen-bond donors (Lipinski definition) is 1. The summed E-state index contributed by atoms with van der Waals surface area (Å²) in [4.78, 5) is 25.2. The first kappa shape index (κ1) is 19.5. The van der Waals surface area contributed by atoms with E-state index in [1.165, 1.54) is 5.56 Å². The first-order chi connectivity index (χ1) is 12.3. The number of nitrogens with zero attached hydrogens (tertiary/aromatic N) is 1. The van der Waals surface area contributed by atoms with E-state index in [2.05, 4.69) is 5.32 Å². The van der Waals surface area contributed by atoms with E-state index >= 15 is 0 Å². The number of aryl methyl sites for hydroxylation is 3. The molecule has 1 N–H and O–H groups in total. The van der Waals surface area contributed by atoms with Crippen molar-refractivity contribution in [2.45, 2.75) is 26.7 Å². The van der Waals surface area contributed by atoms with Crippen LogP contribution < -0.4 is 10.1 Å². The number of ether oxygens (including phenoxy) is 1. The summed E-state index contributed by atoms with van der Waals surface area (Å²) in [5.74, 6) is 0.578. The first-order valence-corrected chi connectivity index (χ1v) is 8.64. The second-order valence-corrected chi connectivity index (χ2v) is 6.57. The van der Waals surface area contributed by atoms with Crippen LogP contribution in [0.5, 0.6) is 5.75 Å². The zero-order valence-corrected chi connectivity index (χ0v) is 15.8. The molecule has 0 bridgehead atoms. The Kier molecular flexibility index (Phi) is 6.78. The Hall–Kier alpha value is -2.82. The summed E-state index contributed by atoms with van der Waals surface area (Å²) in [6, 6.07) is 13.3. The van der Waals surface area contributed by atoms with Crippen LogP contribution in [-0.2, 0) is 16.0 Å². The highest BCUT2D eigenvalue weighted by Gasteiger charge is 2.06. The summed E-state index contributed by atoms with van der Waals surface area (Å²) in [6.07, 6.45) is 1.16. The van der Waals surface area contributed by atoms with Gasteiger partial charge in [-0.25, -0.2) is 0 Å². The van der Waals surface area contributed by atoms with Crippen LogP contribution >= 0.6 is 0 Å². The minimum absolute atomic E-state index is 0.0401. The summed E-state index contributed by atoms with van der Waals surface area (Å²) in [7, 11) is 3.50. The molecule has 2 aromatic rings. The van der Waals surface area contributed by atoms with Gasteiger partial charge in [-0.15, -0.1) is 0 Å². The van der Waals surface area contributed by atoms with E-state index in [9.17, 15) is 9.59 Å².